The second-order valence-electron chi connectivity index (χ2n) is 5.08. The van der Waals surface area contributed by atoms with E-state index >= 15 is 0 Å². The molecule has 3 nitrogen and oxygen atoms in total. The van der Waals surface area contributed by atoms with Crippen molar-refractivity contribution in [3.05, 3.63) is 57.1 Å². The van der Waals surface area contributed by atoms with E-state index in [9.17, 15) is 4.39 Å². The van der Waals surface area contributed by atoms with Gasteiger partial charge in [-0.2, -0.15) is 10.2 Å². The SMILES string of the molecule is CCNC(Cc1cc(F)ccc1Br)c1cc(C)nnc1C. The zero-order valence-corrected chi connectivity index (χ0v) is 14.0. The van der Waals surface area contributed by atoms with Crippen molar-refractivity contribution in [2.45, 2.75) is 33.2 Å². The molecule has 0 amide bonds. The smallest absolute Gasteiger partial charge is 0.123 e. The summed E-state index contributed by atoms with van der Waals surface area (Å²) in [6.45, 7) is 6.77. The number of hydrogen-bond acceptors (Lipinski definition) is 3. The summed E-state index contributed by atoms with van der Waals surface area (Å²) in [6, 6.07) is 6.91. The molecular weight excluding hydrogens is 333 g/mol. The topological polar surface area (TPSA) is 37.8 Å². The fourth-order valence-electron chi connectivity index (χ4n) is 2.38. The van der Waals surface area contributed by atoms with Crippen LogP contribution in [0.25, 0.3) is 0 Å². The van der Waals surface area contributed by atoms with E-state index in [1.807, 2.05) is 19.9 Å². The first-order valence-electron chi connectivity index (χ1n) is 6.99. The highest BCUT2D eigenvalue weighted by molar-refractivity contribution is 9.10. The van der Waals surface area contributed by atoms with Crippen LogP contribution < -0.4 is 5.32 Å². The Hall–Kier alpha value is -1.33. The predicted octanol–water partition coefficient (Wildman–Crippen LogP) is 3.89. The third kappa shape index (κ3) is 4.08. The minimum absolute atomic E-state index is 0.0855. The average Bonchev–Trinajstić information content (AvgIpc) is 2.45. The molecule has 0 aliphatic heterocycles. The molecule has 0 saturated carbocycles. The van der Waals surface area contributed by atoms with Crippen LogP contribution in [0.5, 0.6) is 0 Å². The van der Waals surface area contributed by atoms with Gasteiger partial charge in [-0.25, -0.2) is 4.39 Å². The largest absolute Gasteiger partial charge is 0.310 e. The molecule has 21 heavy (non-hydrogen) atoms. The van der Waals surface area contributed by atoms with E-state index in [-0.39, 0.29) is 11.9 Å². The molecule has 0 aliphatic carbocycles. The highest BCUT2D eigenvalue weighted by Crippen LogP contribution is 2.26. The molecule has 0 saturated heterocycles. The van der Waals surface area contributed by atoms with Gasteiger partial charge in [0.25, 0.3) is 0 Å². The number of aryl methyl sites for hydroxylation is 2. The zero-order valence-electron chi connectivity index (χ0n) is 12.5. The molecule has 2 rings (SSSR count). The Morgan fingerprint density at radius 2 is 2.00 bits per heavy atom. The van der Waals surface area contributed by atoms with E-state index in [1.165, 1.54) is 6.07 Å². The Kier molecular flexibility index (Phi) is 5.42. The lowest BCUT2D eigenvalue weighted by atomic mass is 9.97. The number of benzene rings is 1. The molecule has 1 unspecified atom stereocenters. The lowest BCUT2D eigenvalue weighted by Gasteiger charge is -2.20. The van der Waals surface area contributed by atoms with Gasteiger partial charge in [0.1, 0.15) is 5.82 Å². The van der Waals surface area contributed by atoms with E-state index in [2.05, 4.69) is 38.4 Å². The number of likely N-dealkylation sites (N-methyl/N-ethyl adjacent to an activating group) is 1. The quantitative estimate of drug-likeness (QED) is 0.887. The van der Waals surface area contributed by atoms with Gasteiger partial charge in [-0.05, 0) is 62.2 Å². The third-order valence-electron chi connectivity index (χ3n) is 3.40. The molecule has 0 spiro atoms. The number of halogens is 2. The van der Waals surface area contributed by atoms with Crippen molar-refractivity contribution in [1.82, 2.24) is 15.5 Å². The lowest BCUT2D eigenvalue weighted by molar-refractivity contribution is 0.538. The first-order chi connectivity index (χ1) is 10.0. The molecule has 1 aromatic heterocycles. The Balaban J connectivity index is 2.35. The molecule has 0 bridgehead atoms. The van der Waals surface area contributed by atoms with Crippen LogP contribution in [0.15, 0.2) is 28.7 Å². The van der Waals surface area contributed by atoms with E-state index in [4.69, 9.17) is 0 Å². The van der Waals surface area contributed by atoms with E-state index < -0.39 is 0 Å². The predicted molar refractivity (Wildman–Crippen MR) is 85.7 cm³/mol. The van der Waals surface area contributed by atoms with Gasteiger partial charge in [0.05, 0.1) is 11.4 Å². The molecule has 0 fully saturated rings. The summed E-state index contributed by atoms with van der Waals surface area (Å²) in [5, 5.41) is 11.7. The van der Waals surface area contributed by atoms with Gasteiger partial charge in [0.15, 0.2) is 0 Å². The van der Waals surface area contributed by atoms with Gasteiger partial charge < -0.3 is 5.32 Å². The van der Waals surface area contributed by atoms with E-state index in [0.29, 0.717) is 6.42 Å². The molecule has 5 heteroatoms. The number of aromatic nitrogens is 2. The second kappa shape index (κ2) is 7.09. The maximum absolute atomic E-state index is 13.5. The summed E-state index contributed by atoms with van der Waals surface area (Å²) < 4.78 is 14.4. The summed E-state index contributed by atoms with van der Waals surface area (Å²) in [5.41, 5.74) is 3.84. The third-order valence-corrected chi connectivity index (χ3v) is 4.17. The van der Waals surface area contributed by atoms with E-state index in [1.54, 1.807) is 12.1 Å². The zero-order chi connectivity index (χ0) is 15.4. The van der Waals surface area contributed by atoms with Gasteiger partial charge >= 0.3 is 0 Å². The van der Waals surface area contributed by atoms with Gasteiger partial charge in [-0.15, -0.1) is 0 Å². The summed E-state index contributed by atoms with van der Waals surface area (Å²) >= 11 is 3.49. The van der Waals surface area contributed by atoms with Crippen molar-refractivity contribution in [1.29, 1.82) is 0 Å². The van der Waals surface area contributed by atoms with Crippen LogP contribution in [-0.4, -0.2) is 16.7 Å². The van der Waals surface area contributed by atoms with Crippen molar-refractivity contribution < 1.29 is 4.39 Å². The summed E-state index contributed by atoms with van der Waals surface area (Å²) in [7, 11) is 0. The van der Waals surface area contributed by atoms with Gasteiger partial charge in [-0.1, -0.05) is 22.9 Å². The summed E-state index contributed by atoms with van der Waals surface area (Å²) in [6.07, 6.45) is 0.693. The molecule has 1 N–H and O–H groups in total. The Bertz CT molecular complexity index is 631. The molecule has 1 atom stereocenters. The fraction of sp³-hybridized carbons (Fsp3) is 0.375. The van der Waals surface area contributed by atoms with E-state index in [0.717, 1.165) is 33.5 Å². The minimum Gasteiger partial charge on any atom is -0.310 e. The van der Waals surface area contributed by atoms with Crippen LogP contribution in [0.3, 0.4) is 0 Å². The van der Waals surface area contributed by atoms with Crippen molar-refractivity contribution >= 4 is 15.9 Å². The molecule has 1 heterocycles. The van der Waals surface area contributed by atoms with Crippen LogP contribution in [0, 0.1) is 19.7 Å². The first-order valence-corrected chi connectivity index (χ1v) is 7.78. The summed E-state index contributed by atoms with van der Waals surface area (Å²) in [5.74, 6) is -0.218. The number of nitrogens with zero attached hydrogens (tertiary/aromatic N) is 2. The van der Waals surface area contributed by atoms with Crippen LogP contribution in [-0.2, 0) is 6.42 Å². The van der Waals surface area contributed by atoms with Crippen molar-refractivity contribution in [3.8, 4) is 0 Å². The molecule has 1 aromatic carbocycles. The maximum atomic E-state index is 13.5. The van der Waals surface area contributed by atoms with Crippen molar-refractivity contribution in [3.63, 3.8) is 0 Å². The fourth-order valence-corrected chi connectivity index (χ4v) is 2.79. The van der Waals surface area contributed by atoms with Crippen LogP contribution in [0.4, 0.5) is 4.39 Å². The normalized spacial score (nSPS) is 12.4. The highest BCUT2D eigenvalue weighted by atomic mass is 79.9. The Labute approximate surface area is 133 Å². The van der Waals surface area contributed by atoms with Gasteiger partial charge in [0.2, 0.25) is 0 Å². The first kappa shape index (κ1) is 16.0. The number of hydrogen-bond donors (Lipinski definition) is 1. The van der Waals surface area contributed by atoms with Crippen LogP contribution in [0.2, 0.25) is 0 Å². The summed E-state index contributed by atoms with van der Waals surface area (Å²) in [4.78, 5) is 0. The lowest BCUT2D eigenvalue weighted by Crippen LogP contribution is -2.24. The second-order valence-corrected chi connectivity index (χ2v) is 5.93. The van der Waals surface area contributed by atoms with Gasteiger partial charge in [0, 0.05) is 10.5 Å². The Morgan fingerprint density at radius 1 is 1.24 bits per heavy atom. The monoisotopic (exact) mass is 351 g/mol. The van der Waals surface area contributed by atoms with Crippen LogP contribution >= 0.6 is 15.9 Å². The standard InChI is InChI=1S/C16H19BrFN3/c1-4-19-16(14-7-10(2)20-21-11(14)3)9-12-8-13(18)5-6-15(12)17/h5-8,16,19H,4,9H2,1-3H3. The molecule has 0 radical (unpaired) electrons. The maximum Gasteiger partial charge on any atom is 0.123 e. The van der Waals surface area contributed by atoms with Crippen LogP contribution in [0.1, 0.15) is 35.5 Å². The molecule has 112 valence electrons. The molecular formula is C16H19BrFN3. The van der Waals surface area contributed by atoms with Crippen molar-refractivity contribution in [2.24, 2.45) is 0 Å². The number of nitrogens with one attached hydrogen (secondary N) is 1. The van der Waals surface area contributed by atoms with Gasteiger partial charge in [-0.3, -0.25) is 0 Å². The molecule has 0 aliphatic rings. The van der Waals surface area contributed by atoms with Crippen molar-refractivity contribution in [2.75, 3.05) is 6.54 Å². The number of rotatable bonds is 5. The minimum atomic E-state index is -0.218. The highest BCUT2D eigenvalue weighted by Gasteiger charge is 2.17. The Morgan fingerprint density at radius 3 is 2.71 bits per heavy atom. The molecule has 2 aromatic rings. The average molecular weight is 352 g/mol.